The molecule has 2 aromatic rings. The number of aromatic amines is 1. The van der Waals surface area contributed by atoms with E-state index in [1.54, 1.807) is 12.4 Å². The van der Waals surface area contributed by atoms with Crippen molar-refractivity contribution in [2.45, 2.75) is 18.7 Å². The van der Waals surface area contributed by atoms with E-state index in [2.05, 4.69) is 38.0 Å². The Labute approximate surface area is 97.1 Å². The molecule has 0 unspecified atom stereocenters. The average molecular weight is 266 g/mol. The number of H-pyrrole nitrogens is 1. The van der Waals surface area contributed by atoms with Gasteiger partial charge in [-0.05, 0) is 18.6 Å². The van der Waals surface area contributed by atoms with Crippen molar-refractivity contribution < 1.29 is 0 Å². The smallest absolute Gasteiger partial charge is 0.0965 e. The van der Waals surface area contributed by atoms with Crippen LogP contribution < -0.4 is 0 Å². The van der Waals surface area contributed by atoms with Gasteiger partial charge in [-0.1, -0.05) is 22.9 Å². The third-order valence-corrected chi connectivity index (χ3v) is 2.95. The van der Waals surface area contributed by atoms with Crippen LogP contribution in [0.5, 0.6) is 0 Å². The van der Waals surface area contributed by atoms with Crippen molar-refractivity contribution in [3.8, 4) is 11.3 Å². The molecule has 0 spiro atoms. The van der Waals surface area contributed by atoms with Gasteiger partial charge in [-0.3, -0.25) is 10.1 Å². The Morgan fingerprint density at radius 3 is 2.67 bits per heavy atom. The maximum Gasteiger partial charge on any atom is 0.0965 e. The Bertz CT molecular complexity index is 436. The number of rotatable bonds is 3. The summed E-state index contributed by atoms with van der Waals surface area (Å²) >= 11 is 3.50. The molecular formula is C11H12BrN3. The van der Waals surface area contributed by atoms with Crippen LogP contribution in [0.2, 0.25) is 0 Å². The molecule has 3 nitrogen and oxygen atoms in total. The Balaban J connectivity index is 2.49. The molecular weight excluding hydrogens is 254 g/mol. The Kier molecular flexibility index (Phi) is 3.16. The molecule has 15 heavy (non-hydrogen) atoms. The van der Waals surface area contributed by atoms with Crippen molar-refractivity contribution in [1.82, 2.24) is 15.2 Å². The molecule has 0 saturated carbocycles. The van der Waals surface area contributed by atoms with Gasteiger partial charge < -0.3 is 0 Å². The number of aryl methyl sites for hydroxylation is 1. The normalized spacial score (nSPS) is 10.5. The molecule has 0 radical (unpaired) electrons. The lowest BCUT2D eigenvalue weighted by atomic mass is 10.1. The SMILES string of the molecule is CCc1[nH]nc(-c2ccncc2)c1CBr. The molecule has 2 heterocycles. The molecule has 78 valence electrons. The topological polar surface area (TPSA) is 41.6 Å². The summed E-state index contributed by atoms with van der Waals surface area (Å²) in [6, 6.07) is 3.95. The zero-order valence-corrected chi connectivity index (χ0v) is 10.1. The van der Waals surface area contributed by atoms with Crippen LogP contribution in [0.15, 0.2) is 24.5 Å². The average Bonchev–Trinajstić information content (AvgIpc) is 2.72. The molecule has 0 aliphatic rings. The molecule has 4 heteroatoms. The van der Waals surface area contributed by atoms with Gasteiger partial charge in [-0.2, -0.15) is 5.10 Å². The number of pyridine rings is 1. The van der Waals surface area contributed by atoms with E-state index < -0.39 is 0 Å². The minimum atomic E-state index is 0.824. The lowest BCUT2D eigenvalue weighted by molar-refractivity contribution is 0.969. The summed E-state index contributed by atoms with van der Waals surface area (Å²) in [6.45, 7) is 2.12. The largest absolute Gasteiger partial charge is 0.282 e. The maximum atomic E-state index is 4.35. The van der Waals surface area contributed by atoms with E-state index in [-0.39, 0.29) is 0 Å². The summed E-state index contributed by atoms with van der Waals surface area (Å²) in [5.41, 5.74) is 4.56. The Morgan fingerprint density at radius 2 is 2.07 bits per heavy atom. The lowest BCUT2D eigenvalue weighted by Gasteiger charge is -2.00. The quantitative estimate of drug-likeness (QED) is 0.868. The third-order valence-electron chi connectivity index (χ3n) is 2.39. The zero-order valence-electron chi connectivity index (χ0n) is 8.50. The van der Waals surface area contributed by atoms with Crippen molar-refractivity contribution >= 4 is 15.9 Å². The van der Waals surface area contributed by atoms with Gasteiger partial charge >= 0.3 is 0 Å². The maximum absolute atomic E-state index is 4.35. The first kappa shape index (κ1) is 10.4. The molecule has 0 amide bonds. The highest BCUT2D eigenvalue weighted by Gasteiger charge is 2.11. The van der Waals surface area contributed by atoms with Crippen molar-refractivity contribution in [2.24, 2.45) is 0 Å². The minimum absolute atomic E-state index is 0.824. The molecule has 0 aliphatic carbocycles. The molecule has 2 rings (SSSR count). The van der Waals surface area contributed by atoms with Crippen molar-refractivity contribution in [3.05, 3.63) is 35.8 Å². The van der Waals surface area contributed by atoms with Gasteiger partial charge in [0.15, 0.2) is 0 Å². The molecule has 0 saturated heterocycles. The standard InChI is InChI=1S/C11H12BrN3/c1-2-10-9(7-12)11(15-14-10)8-3-5-13-6-4-8/h3-6H,2,7H2,1H3,(H,14,15). The number of hydrogen-bond donors (Lipinski definition) is 1. The summed E-state index contributed by atoms with van der Waals surface area (Å²) in [5, 5.41) is 8.24. The fourth-order valence-corrected chi connectivity index (χ4v) is 2.19. The summed E-state index contributed by atoms with van der Waals surface area (Å²) in [5.74, 6) is 0. The van der Waals surface area contributed by atoms with Crippen LogP contribution in [0.25, 0.3) is 11.3 Å². The van der Waals surface area contributed by atoms with Crippen molar-refractivity contribution in [1.29, 1.82) is 0 Å². The van der Waals surface area contributed by atoms with Crippen molar-refractivity contribution in [2.75, 3.05) is 0 Å². The molecule has 2 aromatic heterocycles. The molecule has 0 aromatic carbocycles. The number of alkyl halides is 1. The van der Waals surface area contributed by atoms with Crippen LogP contribution in [-0.4, -0.2) is 15.2 Å². The summed E-state index contributed by atoms with van der Waals surface area (Å²) in [4.78, 5) is 4.00. The van der Waals surface area contributed by atoms with Gasteiger partial charge in [0, 0.05) is 34.5 Å². The highest BCUT2D eigenvalue weighted by molar-refractivity contribution is 9.08. The van der Waals surface area contributed by atoms with Crippen LogP contribution in [-0.2, 0) is 11.8 Å². The second-order valence-electron chi connectivity index (χ2n) is 3.25. The summed E-state index contributed by atoms with van der Waals surface area (Å²) in [6.07, 6.45) is 4.54. The lowest BCUT2D eigenvalue weighted by Crippen LogP contribution is -1.87. The zero-order chi connectivity index (χ0) is 10.7. The predicted molar refractivity (Wildman–Crippen MR) is 63.8 cm³/mol. The summed E-state index contributed by atoms with van der Waals surface area (Å²) < 4.78 is 0. The first-order valence-electron chi connectivity index (χ1n) is 4.89. The Hall–Kier alpha value is -1.16. The van der Waals surface area contributed by atoms with E-state index in [4.69, 9.17) is 0 Å². The van der Waals surface area contributed by atoms with Crippen LogP contribution in [0.4, 0.5) is 0 Å². The van der Waals surface area contributed by atoms with E-state index in [1.165, 1.54) is 11.3 Å². The van der Waals surface area contributed by atoms with Crippen LogP contribution in [0.3, 0.4) is 0 Å². The van der Waals surface area contributed by atoms with Gasteiger partial charge in [0.2, 0.25) is 0 Å². The van der Waals surface area contributed by atoms with E-state index >= 15 is 0 Å². The molecule has 0 bridgehead atoms. The first-order chi connectivity index (χ1) is 7.36. The van der Waals surface area contributed by atoms with Gasteiger partial charge in [0.1, 0.15) is 0 Å². The monoisotopic (exact) mass is 265 g/mol. The molecule has 0 fully saturated rings. The van der Waals surface area contributed by atoms with E-state index in [0.717, 1.165) is 23.0 Å². The fourth-order valence-electron chi connectivity index (χ4n) is 1.59. The van der Waals surface area contributed by atoms with E-state index in [1.807, 2.05) is 12.1 Å². The van der Waals surface area contributed by atoms with E-state index in [9.17, 15) is 0 Å². The van der Waals surface area contributed by atoms with Gasteiger partial charge in [0.25, 0.3) is 0 Å². The number of halogens is 1. The minimum Gasteiger partial charge on any atom is -0.282 e. The predicted octanol–water partition coefficient (Wildman–Crippen LogP) is 2.93. The number of nitrogens with zero attached hydrogens (tertiary/aromatic N) is 2. The number of aromatic nitrogens is 3. The Morgan fingerprint density at radius 1 is 1.33 bits per heavy atom. The molecule has 0 atom stereocenters. The van der Waals surface area contributed by atoms with Crippen molar-refractivity contribution in [3.63, 3.8) is 0 Å². The van der Waals surface area contributed by atoms with E-state index in [0.29, 0.717) is 0 Å². The molecule has 0 aliphatic heterocycles. The first-order valence-corrected chi connectivity index (χ1v) is 6.01. The highest BCUT2D eigenvalue weighted by atomic mass is 79.9. The van der Waals surface area contributed by atoms with Crippen LogP contribution in [0, 0.1) is 0 Å². The highest BCUT2D eigenvalue weighted by Crippen LogP contribution is 2.25. The summed E-state index contributed by atoms with van der Waals surface area (Å²) in [7, 11) is 0. The third kappa shape index (κ3) is 1.95. The second kappa shape index (κ2) is 4.57. The number of nitrogens with one attached hydrogen (secondary N) is 1. The van der Waals surface area contributed by atoms with Crippen LogP contribution in [0.1, 0.15) is 18.2 Å². The van der Waals surface area contributed by atoms with Gasteiger partial charge in [-0.15, -0.1) is 0 Å². The van der Waals surface area contributed by atoms with Gasteiger partial charge in [-0.25, -0.2) is 0 Å². The second-order valence-corrected chi connectivity index (χ2v) is 3.81. The fraction of sp³-hybridized carbons (Fsp3) is 0.273. The van der Waals surface area contributed by atoms with Gasteiger partial charge in [0.05, 0.1) is 5.69 Å². The molecule has 1 N–H and O–H groups in total. The van der Waals surface area contributed by atoms with Crippen LogP contribution >= 0.6 is 15.9 Å². The number of hydrogen-bond acceptors (Lipinski definition) is 2.